The minimum atomic E-state index is -4.34. The summed E-state index contributed by atoms with van der Waals surface area (Å²) < 4.78 is 66.2. The minimum Gasteiger partial charge on any atom is -0.748 e. The molecule has 0 fully saturated rings. The van der Waals surface area contributed by atoms with Crippen molar-refractivity contribution in [1.82, 2.24) is 4.98 Å². The Hall–Kier alpha value is -2.94. The maximum atomic E-state index is 11.3. The molecule has 13 heteroatoms. The van der Waals surface area contributed by atoms with Gasteiger partial charge in [0.05, 0.1) is 47.2 Å². The lowest BCUT2D eigenvalue weighted by atomic mass is 10.1. The fourth-order valence-corrected chi connectivity index (χ4v) is 6.58. The number of methoxy groups -OCH3 is 1. The van der Waals surface area contributed by atoms with Gasteiger partial charge in [0, 0.05) is 35.1 Å². The predicted molar refractivity (Wildman–Crippen MR) is 151 cm³/mol. The molecule has 1 aromatic heterocycles. The van der Waals surface area contributed by atoms with E-state index in [1.807, 2.05) is 53.4 Å². The van der Waals surface area contributed by atoms with Gasteiger partial charge < -0.3 is 14.2 Å². The van der Waals surface area contributed by atoms with Crippen LogP contribution in [0, 0.1) is 0 Å². The lowest BCUT2D eigenvalue weighted by Gasteiger charge is -2.21. The van der Waals surface area contributed by atoms with Crippen LogP contribution in [-0.2, 0) is 32.2 Å². The summed E-state index contributed by atoms with van der Waals surface area (Å²) in [6.45, 7) is 0.962. The zero-order valence-corrected chi connectivity index (χ0v) is 23.5. The number of nitrogens with zero attached hydrogens (tertiary/aromatic N) is 2. The lowest BCUT2D eigenvalue weighted by molar-refractivity contribution is -0.672. The third-order valence-electron chi connectivity index (χ3n) is 6.41. The molecule has 0 bridgehead atoms. The fraction of sp³-hybridized carbons (Fsp3) is 0.269. The van der Waals surface area contributed by atoms with Gasteiger partial charge in [0.15, 0.2) is 11.0 Å². The Morgan fingerprint density at radius 2 is 2.00 bits per heavy atom. The number of aryl methyl sites for hydroxylation is 1. The monoisotopic (exact) mass is 589 g/mol. The molecule has 1 unspecified atom stereocenters. The molecule has 1 aliphatic heterocycles. The van der Waals surface area contributed by atoms with E-state index in [4.69, 9.17) is 13.5 Å². The molecule has 0 amide bonds. The van der Waals surface area contributed by atoms with Gasteiger partial charge in [0.1, 0.15) is 5.75 Å². The molecule has 0 spiro atoms. The van der Waals surface area contributed by atoms with Gasteiger partial charge in [-0.15, -0.1) is 0 Å². The first-order valence-corrected chi connectivity index (χ1v) is 15.6. The smallest absolute Gasteiger partial charge is 0.301 e. The average molecular weight is 590 g/mol. The van der Waals surface area contributed by atoms with Gasteiger partial charge in [-0.3, -0.25) is 8.74 Å². The lowest BCUT2D eigenvalue weighted by Crippen LogP contribution is -2.37. The van der Waals surface area contributed by atoms with Crippen molar-refractivity contribution in [2.24, 2.45) is 0 Å². The van der Waals surface area contributed by atoms with E-state index >= 15 is 0 Å². The third kappa shape index (κ3) is 6.29. The van der Waals surface area contributed by atoms with Gasteiger partial charge in [-0.05, 0) is 42.1 Å². The van der Waals surface area contributed by atoms with Crippen LogP contribution in [0.15, 0.2) is 64.5 Å². The van der Waals surface area contributed by atoms with E-state index in [9.17, 15) is 17.2 Å². The molecule has 39 heavy (non-hydrogen) atoms. The van der Waals surface area contributed by atoms with Crippen LogP contribution in [0.1, 0.15) is 18.7 Å². The van der Waals surface area contributed by atoms with Crippen molar-refractivity contribution >= 4 is 66.8 Å². The molecule has 4 aromatic rings. The first kappa shape index (κ1) is 27.6. The Bertz CT molecular complexity index is 1690. The number of thioether (sulfide) groups is 1. The van der Waals surface area contributed by atoms with Crippen molar-refractivity contribution in [2.45, 2.75) is 24.3 Å². The second kappa shape index (κ2) is 11.7. The van der Waals surface area contributed by atoms with Crippen molar-refractivity contribution in [3.8, 4) is 5.75 Å². The molecule has 5 rings (SSSR count). The number of aromatic nitrogens is 2. The molecule has 2 N–H and O–H groups in total. The Labute approximate surface area is 232 Å². The van der Waals surface area contributed by atoms with E-state index < -0.39 is 27.2 Å². The van der Waals surface area contributed by atoms with Crippen LogP contribution in [-0.4, -0.2) is 52.7 Å². The number of hydrogen-bond donors (Lipinski definition) is 2. The number of rotatable bonds is 11. The second-order valence-electron chi connectivity index (χ2n) is 8.92. The molecular formula is C26H27N3O7S3. The number of benzene rings is 3. The van der Waals surface area contributed by atoms with Gasteiger partial charge in [-0.25, -0.2) is 18.0 Å². The minimum absolute atomic E-state index is 0.110. The molecule has 0 saturated carbocycles. The number of H-pyrrole nitrogens is 1. The number of fused-ring (bicyclic) bond motifs is 4. The normalized spacial score (nSPS) is 15.4. The standard InChI is InChI=1S/C26H27N3O7S3/c1-35-19-9-11-23-22(16-19)28(13-5-15-39(32,33)34)25(37-23)17-24-27-21-10-8-18-6-2-3-7-20(18)26(21)29(24)12-4-14-36-38(30)31/h2-3,6-11,16-17H,4-5,12-15H2,1H3,(H2,30,31,32,33,34). The molecule has 0 aliphatic carbocycles. The van der Waals surface area contributed by atoms with E-state index in [1.165, 1.54) is 0 Å². The molecule has 1 aliphatic rings. The van der Waals surface area contributed by atoms with E-state index in [0.29, 0.717) is 25.3 Å². The topological polar surface area (TPSA) is 136 Å². The van der Waals surface area contributed by atoms with Crippen molar-refractivity contribution in [3.63, 3.8) is 0 Å². The summed E-state index contributed by atoms with van der Waals surface area (Å²) >= 11 is -0.783. The van der Waals surface area contributed by atoms with Crippen molar-refractivity contribution < 1.29 is 35.2 Å². The van der Waals surface area contributed by atoms with Crippen molar-refractivity contribution in [2.75, 3.05) is 30.9 Å². The van der Waals surface area contributed by atoms with Crippen molar-refractivity contribution in [1.29, 1.82) is 0 Å². The first-order chi connectivity index (χ1) is 18.7. The summed E-state index contributed by atoms with van der Waals surface area (Å²) in [5.74, 6) is 1.02. The maximum absolute atomic E-state index is 11.3. The number of anilines is 1. The number of imidazole rings is 1. The van der Waals surface area contributed by atoms with Crippen LogP contribution in [0.3, 0.4) is 0 Å². The van der Waals surface area contributed by atoms with Gasteiger partial charge >= 0.3 is 11.4 Å². The summed E-state index contributed by atoms with van der Waals surface area (Å²) in [4.78, 5) is 6.49. The Morgan fingerprint density at radius 3 is 2.77 bits per heavy atom. The van der Waals surface area contributed by atoms with Crippen LogP contribution < -0.4 is 14.2 Å². The van der Waals surface area contributed by atoms with Gasteiger partial charge in [-0.1, -0.05) is 30.0 Å². The van der Waals surface area contributed by atoms with Crippen molar-refractivity contribution in [3.05, 3.63) is 65.5 Å². The highest BCUT2D eigenvalue weighted by Crippen LogP contribution is 2.48. The molecule has 10 nitrogen and oxygen atoms in total. The van der Waals surface area contributed by atoms with Gasteiger partial charge in [-0.2, -0.15) is 4.21 Å². The maximum Gasteiger partial charge on any atom is 0.301 e. The fourth-order valence-electron chi connectivity index (χ4n) is 4.73. The molecule has 1 atom stereocenters. The summed E-state index contributed by atoms with van der Waals surface area (Å²) in [5, 5.41) is 3.01. The largest absolute Gasteiger partial charge is 0.748 e. The van der Waals surface area contributed by atoms with Gasteiger partial charge in [0.25, 0.3) is 5.82 Å². The van der Waals surface area contributed by atoms with Crippen LogP contribution >= 0.6 is 11.8 Å². The highest BCUT2D eigenvalue weighted by atomic mass is 32.2. The number of ether oxygens (including phenoxy) is 1. The zero-order valence-electron chi connectivity index (χ0n) is 21.0. The second-order valence-corrected chi connectivity index (χ2v) is 12.2. The van der Waals surface area contributed by atoms with Crippen LogP contribution in [0.25, 0.3) is 27.9 Å². The van der Waals surface area contributed by atoms with Crippen LogP contribution in [0.2, 0.25) is 0 Å². The molecule has 206 valence electrons. The number of hydrogen-bond acceptors (Lipinski definition) is 8. The average Bonchev–Trinajstić information content (AvgIpc) is 3.43. The summed E-state index contributed by atoms with van der Waals surface area (Å²) in [5.41, 5.74) is 2.80. The zero-order chi connectivity index (χ0) is 27.6. The number of aromatic amines is 1. The SMILES string of the molecule is COc1ccc2c(c1)N(CCCS(=O)(=O)[O-])C(=Cc1[nH]c3ccc4ccccc4c3[n+]1CCCOS(=O)O)S2. The van der Waals surface area contributed by atoms with E-state index in [0.717, 1.165) is 43.2 Å². The highest BCUT2D eigenvalue weighted by molar-refractivity contribution is 8.03. The van der Waals surface area contributed by atoms with E-state index in [2.05, 4.69) is 21.7 Å². The molecule has 0 saturated heterocycles. The molecular weight excluding hydrogens is 563 g/mol. The molecule has 0 radical (unpaired) electrons. The summed E-state index contributed by atoms with van der Waals surface area (Å²) in [6.07, 6.45) is 2.68. The Kier molecular flexibility index (Phi) is 8.26. The predicted octanol–water partition coefficient (Wildman–Crippen LogP) is 4.01. The Balaban J connectivity index is 1.58. The quantitative estimate of drug-likeness (QED) is 0.115. The number of nitrogens with one attached hydrogen (secondary N) is 1. The molecule has 2 heterocycles. The van der Waals surface area contributed by atoms with E-state index in [-0.39, 0.29) is 13.0 Å². The third-order valence-corrected chi connectivity index (χ3v) is 8.68. The van der Waals surface area contributed by atoms with Crippen LogP contribution in [0.4, 0.5) is 5.69 Å². The van der Waals surface area contributed by atoms with E-state index in [1.54, 1.807) is 18.9 Å². The Morgan fingerprint density at radius 1 is 1.18 bits per heavy atom. The molecule has 3 aromatic carbocycles. The highest BCUT2D eigenvalue weighted by Gasteiger charge is 2.28. The summed E-state index contributed by atoms with van der Waals surface area (Å²) in [6, 6.07) is 17.9. The summed E-state index contributed by atoms with van der Waals surface area (Å²) in [7, 11) is -2.75. The van der Waals surface area contributed by atoms with Gasteiger partial charge in [0.2, 0.25) is 0 Å². The van der Waals surface area contributed by atoms with Crippen LogP contribution in [0.5, 0.6) is 5.75 Å². The first-order valence-electron chi connectivity index (χ1n) is 12.2.